The third-order valence-electron chi connectivity index (χ3n) is 4.08. The lowest BCUT2D eigenvalue weighted by Gasteiger charge is -2.20. The van der Waals surface area contributed by atoms with Gasteiger partial charge >= 0.3 is 0 Å². The van der Waals surface area contributed by atoms with Crippen molar-refractivity contribution in [1.82, 2.24) is 14.9 Å². The minimum atomic E-state index is -0.295. The summed E-state index contributed by atoms with van der Waals surface area (Å²) in [6.45, 7) is 5.89. The minimum Gasteiger partial charge on any atom is -0.349 e. The van der Waals surface area contributed by atoms with Crippen LogP contribution in [0.2, 0.25) is 0 Å². The molecule has 2 rings (SSSR count). The van der Waals surface area contributed by atoms with Crippen LogP contribution in [0, 0.1) is 0 Å². The van der Waals surface area contributed by atoms with Gasteiger partial charge in [0.15, 0.2) is 5.16 Å². The molecule has 2 unspecified atom stereocenters. The van der Waals surface area contributed by atoms with Crippen molar-refractivity contribution >= 4 is 17.7 Å². The first-order valence-corrected chi connectivity index (χ1v) is 9.43. The van der Waals surface area contributed by atoms with Crippen LogP contribution < -0.4 is 10.9 Å². The molecule has 0 fully saturated rings. The molecule has 0 aliphatic heterocycles. The molecule has 0 radical (unpaired) electrons. The second kappa shape index (κ2) is 8.85. The Hall–Kier alpha value is -2.08. The van der Waals surface area contributed by atoms with Crippen molar-refractivity contribution in [2.45, 2.75) is 50.1 Å². The predicted molar refractivity (Wildman–Crippen MR) is 102 cm³/mol. The van der Waals surface area contributed by atoms with Crippen molar-refractivity contribution in [1.29, 1.82) is 0 Å². The number of rotatable bonds is 7. The van der Waals surface area contributed by atoms with Gasteiger partial charge in [-0.25, -0.2) is 4.98 Å². The molecular formula is C19H25N3O2S. The van der Waals surface area contributed by atoms with Crippen LogP contribution in [0.15, 0.2) is 46.3 Å². The summed E-state index contributed by atoms with van der Waals surface area (Å²) < 4.78 is 1.50. The molecule has 2 atom stereocenters. The van der Waals surface area contributed by atoms with Crippen LogP contribution in [-0.4, -0.2) is 20.7 Å². The second-order valence-corrected chi connectivity index (χ2v) is 7.11. The van der Waals surface area contributed by atoms with Gasteiger partial charge in [0.1, 0.15) is 0 Å². The van der Waals surface area contributed by atoms with Crippen molar-refractivity contribution < 1.29 is 4.79 Å². The number of carbonyl (C=O) groups excluding carboxylic acids is 1. The van der Waals surface area contributed by atoms with Gasteiger partial charge in [0.25, 0.3) is 5.56 Å². The summed E-state index contributed by atoms with van der Waals surface area (Å²) in [5, 5.41) is 3.34. The lowest BCUT2D eigenvalue weighted by atomic mass is 10.1. The highest BCUT2D eigenvalue weighted by Crippen LogP contribution is 2.24. The molecule has 0 spiro atoms. The van der Waals surface area contributed by atoms with Gasteiger partial charge in [-0.15, -0.1) is 0 Å². The number of aromatic nitrogens is 2. The largest absolute Gasteiger partial charge is 0.349 e. The van der Waals surface area contributed by atoms with Crippen LogP contribution in [0.25, 0.3) is 0 Å². The van der Waals surface area contributed by atoms with Crippen LogP contribution in [0.3, 0.4) is 0 Å². The second-order valence-electron chi connectivity index (χ2n) is 5.94. The molecular weight excluding hydrogens is 334 g/mol. The Balaban J connectivity index is 2.13. The van der Waals surface area contributed by atoms with E-state index in [2.05, 4.69) is 10.3 Å². The lowest BCUT2D eigenvalue weighted by Crippen LogP contribution is -2.35. The smallest absolute Gasteiger partial charge is 0.254 e. The van der Waals surface area contributed by atoms with Gasteiger partial charge < -0.3 is 5.32 Å². The van der Waals surface area contributed by atoms with E-state index in [1.807, 2.05) is 51.1 Å². The first kappa shape index (κ1) is 19.2. The normalized spacial score (nSPS) is 13.3. The van der Waals surface area contributed by atoms with Crippen LogP contribution in [0.5, 0.6) is 0 Å². The standard InChI is InChI=1S/C19H25N3O2S/c1-5-15-12-17(23)22(4)19(21-15)25-16(6-2)18(24)20-13(3)14-10-8-7-9-11-14/h7-13,16H,5-6H2,1-4H3,(H,20,24). The van der Waals surface area contributed by atoms with Crippen LogP contribution >= 0.6 is 11.8 Å². The number of aryl methyl sites for hydroxylation is 1. The van der Waals surface area contributed by atoms with Gasteiger partial charge in [0.05, 0.1) is 11.3 Å². The molecule has 1 heterocycles. The number of thioether (sulfide) groups is 1. The van der Waals surface area contributed by atoms with E-state index >= 15 is 0 Å². The maximum Gasteiger partial charge on any atom is 0.254 e. The van der Waals surface area contributed by atoms with Crippen LogP contribution in [-0.2, 0) is 18.3 Å². The fourth-order valence-electron chi connectivity index (χ4n) is 2.43. The van der Waals surface area contributed by atoms with Gasteiger partial charge in [-0.1, -0.05) is 55.9 Å². The molecule has 1 aromatic heterocycles. The molecule has 25 heavy (non-hydrogen) atoms. The van der Waals surface area contributed by atoms with E-state index in [0.717, 1.165) is 11.3 Å². The maximum absolute atomic E-state index is 12.7. The van der Waals surface area contributed by atoms with Crippen molar-refractivity contribution in [3.63, 3.8) is 0 Å². The Morgan fingerprint density at radius 3 is 2.56 bits per heavy atom. The minimum absolute atomic E-state index is 0.0417. The predicted octanol–water partition coefficient (Wildman–Crippen LogP) is 3.09. The Labute approximate surface area is 152 Å². The summed E-state index contributed by atoms with van der Waals surface area (Å²) in [7, 11) is 1.69. The van der Waals surface area contributed by atoms with E-state index in [0.29, 0.717) is 18.0 Å². The monoisotopic (exact) mass is 359 g/mol. The SMILES string of the molecule is CCc1cc(=O)n(C)c(SC(CC)C(=O)NC(C)c2ccccc2)n1. The third-order valence-corrected chi connectivity index (χ3v) is 5.49. The Morgan fingerprint density at radius 1 is 1.28 bits per heavy atom. The molecule has 0 aliphatic carbocycles. The first-order chi connectivity index (χ1) is 12.0. The summed E-state index contributed by atoms with van der Waals surface area (Å²) in [5.74, 6) is -0.0417. The molecule has 1 N–H and O–H groups in total. The first-order valence-electron chi connectivity index (χ1n) is 8.55. The summed E-state index contributed by atoms with van der Waals surface area (Å²) >= 11 is 1.34. The van der Waals surface area contributed by atoms with Gasteiger partial charge in [-0.3, -0.25) is 14.2 Å². The fourth-order valence-corrected chi connectivity index (χ4v) is 3.45. The molecule has 0 saturated heterocycles. The average Bonchev–Trinajstić information content (AvgIpc) is 2.63. The van der Waals surface area contributed by atoms with Crippen molar-refractivity contribution in [2.24, 2.45) is 7.05 Å². The quantitative estimate of drug-likeness (QED) is 0.609. The fraction of sp³-hybridized carbons (Fsp3) is 0.421. The van der Waals surface area contributed by atoms with Gasteiger partial charge in [-0.2, -0.15) is 0 Å². The number of benzene rings is 1. The Bertz CT molecular complexity index is 774. The average molecular weight is 359 g/mol. The zero-order valence-corrected chi connectivity index (χ0v) is 16.0. The summed E-state index contributed by atoms with van der Waals surface area (Å²) in [6, 6.07) is 11.3. The third kappa shape index (κ3) is 4.95. The number of hydrogen-bond acceptors (Lipinski definition) is 4. The van der Waals surface area contributed by atoms with Gasteiger partial charge in [0.2, 0.25) is 5.91 Å². The summed E-state index contributed by atoms with van der Waals surface area (Å²) in [5.41, 5.74) is 1.72. The summed E-state index contributed by atoms with van der Waals surface area (Å²) in [6.07, 6.45) is 1.35. The Kier molecular flexibility index (Phi) is 6.82. The molecule has 2 aromatic rings. The van der Waals surface area contributed by atoms with Gasteiger partial charge in [-0.05, 0) is 25.3 Å². The number of hydrogen-bond donors (Lipinski definition) is 1. The highest BCUT2D eigenvalue weighted by atomic mass is 32.2. The number of nitrogens with zero attached hydrogens (tertiary/aromatic N) is 2. The molecule has 0 aliphatic rings. The highest BCUT2D eigenvalue weighted by Gasteiger charge is 2.22. The highest BCUT2D eigenvalue weighted by molar-refractivity contribution is 8.00. The molecule has 1 amide bonds. The summed E-state index contributed by atoms with van der Waals surface area (Å²) in [4.78, 5) is 29.2. The number of amides is 1. The molecule has 0 bridgehead atoms. The van der Waals surface area contributed by atoms with E-state index in [-0.39, 0.29) is 22.8 Å². The molecule has 5 nitrogen and oxygen atoms in total. The maximum atomic E-state index is 12.7. The molecule has 1 aromatic carbocycles. The number of nitrogens with one attached hydrogen (secondary N) is 1. The zero-order chi connectivity index (χ0) is 18.4. The van der Waals surface area contributed by atoms with Crippen molar-refractivity contribution in [3.05, 3.63) is 58.0 Å². The van der Waals surface area contributed by atoms with Crippen molar-refractivity contribution in [2.75, 3.05) is 0 Å². The topological polar surface area (TPSA) is 64.0 Å². The number of carbonyl (C=O) groups is 1. The Morgan fingerprint density at radius 2 is 1.96 bits per heavy atom. The van der Waals surface area contributed by atoms with Gasteiger partial charge in [0, 0.05) is 18.8 Å². The van der Waals surface area contributed by atoms with Crippen LogP contribution in [0.4, 0.5) is 0 Å². The van der Waals surface area contributed by atoms with E-state index in [1.165, 1.54) is 16.3 Å². The van der Waals surface area contributed by atoms with E-state index in [9.17, 15) is 9.59 Å². The van der Waals surface area contributed by atoms with E-state index < -0.39 is 0 Å². The zero-order valence-electron chi connectivity index (χ0n) is 15.2. The lowest BCUT2D eigenvalue weighted by molar-refractivity contribution is -0.121. The van der Waals surface area contributed by atoms with E-state index in [4.69, 9.17) is 0 Å². The van der Waals surface area contributed by atoms with E-state index in [1.54, 1.807) is 13.1 Å². The molecule has 6 heteroatoms. The molecule has 134 valence electrons. The van der Waals surface area contributed by atoms with Crippen LogP contribution in [0.1, 0.15) is 44.5 Å². The molecule has 0 saturated carbocycles. The van der Waals surface area contributed by atoms with Crippen molar-refractivity contribution in [3.8, 4) is 0 Å².